The van der Waals surface area contributed by atoms with Gasteiger partial charge in [0.05, 0.1) is 5.70 Å². The molecule has 0 atom stereocenters. The van der Waals surface area contributed by atoms with Gasteiger partial charge in [0.2, 0.25) is 0 Å². The summed E-state index contributed by atoms with van der Waals surface area (Å²) in [6.45, 7) is 2.73. The molecule has 5 heteroatoms. The molecule has 17 heavy (non-hydrogen) atoms. The molecule has 92 valence electrons. The molecule has 0 aromatic heterocycles. The molecule has 0 aromatic rings. The number of nitriles is 2. The number of hydrogen-bond donors (Lipinski definition) is 0. The Bertz CT molecular complexity index is 385. The van der Waals surface area contributed by atoms with E-state index in [4.69, 9.17) is 10.5 Å². The van der Waals surface area contributed by atoms with Crippen molar-refractivity contribution >= 4 is 10.7 Å². The Morgan fingerprint density at radius 3 is 2.24 bits per heavy atom. The van der Waals surface area contributed by atoms with E-state index in [1.165, 1.54) is 19.3 Å². The molecule has 0 spiro atoms. The van der Waals surface area contributed by atoms with E-state index in [0.29, 0.717) is 12.2 Å². The second-order valence-electron chi connectivity index (χ2n) is 4.25. The summed E-state index contributed by atoms with van der Waals surface area (Å²) in [6.07, 6.45) is 7.66. The molecule has 1 aliphatic rings. The number of nitrogens with zero attached hydrogens (tertiary/aromatic N) is 4. The van der Waals surface area contributed by atoms with Gasteiger partial charge in [-0.3, -0.25) is 4.90 Å². The van der Waals surface area contributed by atoms with Crippen molar-refractivity contribution in [2.75, 3.05) is 32.1 Å². The van der Waals surface area contributed by atoms with Gasteiger partial charge >= 0.3 is 0 Å². The molecule has 1 heterocycles. The molecule has 1 fully saturated rings. The maximum atomic E-state index is 8.93. The van der Waals surface area contributed by atoms with Gasteiger partial charge in [-0.05, 0) is 38.4 Å². The summed E-state index contributed by atoms with van der Waals surface area (Å²) in [5, 5.41) is 17.9. The second-order valence-corrected chi connectivity index (χ2v) is 5.98. The molecule has 1 saturated heterocycles. The molecule has 0 N–H and O–H groups in total. The van der Waals surface area contributed by atoms with Crippen LogP contribution in [0, 0.1) is 22.7 Å². The first-order valence-corrected chi connectivity index (χ1v) is 7.72. The Morgan fingerprint density at radius 2 is 1.76 bits per heavy atom. The number of allylic oxidation sites excluding steroid dienone is 1. The summed E-state index contributed by atoms with van der Waals surface area (Å²) in [7, 11) is -0.136. The third-order valence-electron chi connectivity index (χ3n) is 2.63. The Hall–Kier alpha value is -1.17. The maximum absolute atomic E-state index is 8.93. The molecular formula is C12H18N4S. The molecule has 0 unspecified atom stereocenters. The van der Waals surface area contributed by atoms with Gasteiger partial charge < -0.3 is 0 Å². The number of piperidine rings is 1. The first-order valence-electron chi connectivity index (χ1n) is 5.72. The van der Waals surface area contributed by atoms with Gasteiger partial charge in [-0.1, -0.05) is 6.42 Å². The van der Waals surface area contributed by atoms with Crippen molar-refractivity contribution in [3.8, 4) is 12.1 Å². The Balaban J connectivity index is 2.85. The summed E-state index contributed by atoms with van der Waals surface area (Å²) in [5.41, 5.74) is 0.821. The van der Waals surface area contributed by atoms with Gasteiger partial charge in [0, 0.05) is 6.54 Å². The number of hydrogen-bond acceptors (Lipinski definition) is 4. The van der Waals surface area contributed by atoms with Crippen molar-refractivity contribution in [3.05, 3.63) is 11.3 Å². The highest BCUT2D eigenvalue weighted by Crippen LogP contribution is 2.14. The fraction of sp³-hybridized carbons (Fsp3) is 0.667. The lowest BCUT2D eigenvalue weighted by Crippen LogP contribution is -2.31. The minimum Gasteiger partial charge on any atom is -0.297 e. The van der Waals surface area contributed by atoms with E-state index in [1.807, 2.05) is 24.6 Å². The van der Waals surface area contributed by atoms with Crippen molar-refractivity contribution in [1.82, 2.24) is 4.90 Å². The van der Waals surface area contributed by atoms with Crippen LogP contribution in [-0.2, 0) is 10.7 Å². The molecule has 0 aliphatic carbocycles. The molecule has 0 bridgehead atoms. The first-order chi connectivity index (χ1) is 8.17. The lowest BCUT2D eigenvalue weighted by molar-refractivity contribution is 0.246. The van der Waals surface area contributed by atoms with Gasteiger partial charge in [-0.2, -0.15) is 10.5 Å². The van der Waals surface area contributed by atoms with Crippen molar-refractivity contribution in [1.29, 1.82) is 10.5 Å². The average molecular weight is 250 g/mol. The number of rotatable bonds is 3. The third-order valence-corrected chi connectivity index (χ3v) is 3.21. The Kier molecular flexibility index (Phi) is 5.90. The summed E-state index contributed by atoms with van der Waals surface area (Å²) < 4.78 is 4.43. The molecule has 1 rings (SSSR count). The van der Waals surface area contributed by atoms with Crippen LogP contribution in [0.1, 0.15) is 19.3 Å². The largest absolute Gasteiger partial charge is 0.297 e. The highest BCUT2D eigenvalue weighted by molar-refractivity contribution is 7.85. The molecule has 0 radical (unpaired) electrons. The first kappa shape index (κ1) is 13.9. The lowest BCUT2D eigenvalue weighted by Gasteiger charge is -2.26. The second kappa shape index (κ2) is 7.21. The minimum absolute atomic E-state index is 0.136. The smallest absolute Gasteiger partial charge is 0.153 e. The van der Waals surface area contributed by atoms with Crippen molar-refractivity contribution in [2.45, 2.75) is 19.3 Å². The van der Waals surface area contributed by atoms with Gasteiger partial charge in [-0.25, -0.2) is 4.36 Å². The highest BCUT2D eigenvalue weighted by atomic mass is 32.2. The van der Waals surface area contributed by atoms with Gasteiger partial charge in [0.15, 0.2) is 5.57 Å². The fourth-order valence-corrected chi connectivity index (χ4v) is 2.45. The van der Waals surface area contributed by atoms with Crippen LogP contribution >= 0.6 is 0 Å². The molecule has 0 saturated carbocycles. The summed E-state index contributed by atoms with van der Waals surface area (Å²) in [6, 6.07) is 3.90. The van der Waals surface area contributed by atoms with Crippen LogP contribution in [0.2, 0.25) is 0 Å². The highest BCUT2D eigenvalue weighted by Gasteiger charge is 2.14. The van der Waals surface area contributed by atoms with E-state index >= 15 is 0 Å². The molecular weight excluding hydrogens is 232 g/mol. The summed E-state index contributed by atoms with van der Waals surface area (Å²) >= 11 is 0. The van der Waals surface area contributed by atoms with Gasteiger partial charge in [0.25, 0.3) is 0 Å². The predicted molar refractivity (Wildman–Crippen MR) is 70.2 cm³/mol. The van der Waals surface area contributed by atoms with Gasteiger partial charge in [-0.15, -0.1) is 10.7 Å². The topological polar surface area (TPSA) is 63.2 Å². The molecule has 1 aliphatic heterocycles. The zero-order chi connectivity index (χ0) is 12.7. The standard InChI is InChI=1S/C12H18N4S/c1-17(2)15-12(11(8-13)9-14)10-16-6-4-3-5-7-16/h3-7,10H2,1-2H3. The van der Waals surface area contributed by atoms with Crippen LogP contribution in [0.15, 0.2) is 15.6 Å². The van der Waals surface area contributed by atoms with E-state index in [-0.39, 0.29) is 16.3 Å². The Morgan fingerprint density at radius 1 is 1.18 bits per heavy atom. The minimum atomic E-state index is -0.136. The van der Waals surface area contributed by atoms with Crippen molar-refractivity contribution < 1.29 is 0 Å². The quantitative estimate of drug-likeness (QED) is 0.718. The summed E-state index contributed by atoms with van der Waals surface area (Å²) in [4.78, 5) is 2.28. The maximum Gasteiger partial charge on any atom is 0.153 e. The van der Waals surface area contributed by atoms with E-state index in [1.54, 1.807) is 0 Å². The average Bonchev–Trinajstić information content (AvgIpc) is 2.31. The zero-order valence-corrected chi connectivity index (χ0v) is 11.3. The monoisotopic (exact) mass is 250 g/mol. The fourth-order valence-electron chi connectivity index (χ4n) is 1.86. The predicted octanol–water partition coefficient (Wildman–Crippen LogP) is 1.84. The lowest BCUT2D eigenvalue weighted by atomic mass is 10.1. The zero-order valence-electron chi connectivity index (χ0n) is 10.4. The molecule has 0 aromatic carbocycles. The van der Waals surface area contributed by atoms with E-state index < -0.39 is 0 Å². The third kappa shape index (κ3) is 4.68. The molecule has 4 nitrogen and oxygen atoms in total. The van der Waals surface area contributed by atoms with Crippen molar-refractivity contribution in [3.63, 3.8) is 0 Å². The van der Waals surface area contributed by atoms with Crippen molar-refractivity contribution in [2.24, 2.45) is 4.36 Å². The van der Waals surface area contributed by atoms with Crippen LogP contribution in [0.5, 0.6) is 0 Å². The molecule has 0 amide bonds. The van der Waals surface area contributed by atoms with E-state index in [9.17, 15) is 0 Å². The van der Waals surface area contributed by atoms with Crippen LogP contribution in [0.3, 0.4) is 0 Å². The SMILES string of the molecule is CS(C)=NC(CN1CCCCC1)=C(C#N)C#N. The van der Waals surface area contributed by atoms with Crippen LogP contribution in [0.25, 0.3) is 0 Å². The Labute approximate surface area is 106 Å². The van der Waals surface area contributed by atoms with Gasteiger partial charge in [0.1, 0.15) is 12.1 Å². The summed E-state index contributed by atoms with van der Waals surface area (Å²) in [5.74, 6) is 0. The van der Waals surface area contributed by atoms with Crippen LogP contribution in [-0.4, -0.2) is 37.0 Å². The van der Waals surface area contributed by atoms with E-state index in [0.717, 1.165) is 13.1 Å². The van der Waals surface area contributed by atoms with E-state index in [2.05, 4.69) is 9.26 Å². The van der Waals surface area contributed by atoms with Crippen LogP contribution in [0.4, 0.5) is 0 Å². The number of likely N-dealkylation sites (tertiary alicyclic amines) is 1. The van der Waals surface area contributed by atoms with Crippen LogP contribution < -0.4 is 0 Å². The normalized spacial score (nSPS) is 16.1.